The van der Waals surface area contributed by atoms with E-state index < -0.39 is 21.9 Å². The normalized spacial score (nSPS) is 19.5. The van der Waals surface area contributed by atoms with Gasteiger partial charge in [0.05, 0.1) is 12.4 Å². The topological polar surface area (TPSA) is 49.5 Å². The molecule has 0 aliphatic carbocycles. The van der Waals surface area contributed by atoms with Gasteiger partial charge in [0.25, 0.3) is 0 Å². The van der Waals surface area contributed by atoms with Crippen LogP contribution >= 0.6 is 0 Å². The van der Waals surface area contributed by atoms with Crippen molar-refractivity contribution >= 4 is 16.3 Å². The summed E-state index contributed by atoms with van der Waals surface area (Å²) in [6.07, 6.45) is 2.11. The van der Waals surface area contributed by atoms with Crippen molar-refractivity contribution in [2.24, 2.45) is 4.99 Å². The predicted octanol–water partition coefficient (Wildman–Crippen LogP) is 0.700. The second-order valence-corrected chi connectivity index (χ2v) is 2.92. The summed E-state index contributed by atoms with van der Waals surface area (Å²) in [5, 5.41) is 2.45. The fourth-order valence-electron chi connectivity index (χ4n) is 0.427. The third kappa shape index (κ3) is 1.87. The zero-order valence-electron chi connectivity index (χ0n) is 5.00. The van der Waals surface area contributed by atoms with Gasteiger partial charge < -0.3 is 4.55 Å². The van der Waals surface area contributed by atoms with Crippen molar-refractivity contribution in [1.29, 1.82) is 0 Å². The number of amidine groups is 1. The molecule has 0 saturated carbocycles. The predicted molar refractivity (Wildman–Crippen MR) is 32.9 cm³/mol. The van der Waals surface area contributed by atoms with E-state index in [1.54, 1.807) is 0 Å². The van der Waals surface area contributed by atoms with Gasteiger partial charge in [0.1, 0.15) is 11.2 Å². The van der Waals surface area contributed by atoms with Crippen LogP contribution in [-0.2, 0) is 11.2 Å². The molecular weight excluding hydrogens is 181 g/mol. The zero-order chi connectivity index (χ0) is 8.48. The molecule has 0 aromatic rings. The van der Waals surface area contributed by atoms with Crippen molar-refractivity contribution in [3.8, 4) is 0 Å². The Morgan fingerprint density at radius 3 is 2.36 bits per heavy atom. The minimum atomic E-state index is -4.77. The van der Waals surface area contributed by atoms with Gasteiger partial charge in [0, 0.05) is 0 Å². The maximum Gasteiger partial charge on any atom is 0.581 e. The summed E-state index contributed by atoms with van der Waals surface area (Å²) in [6, 6.07) is 0. The molecular formula is C4H2F3N2OS. The third-order valence-corrected chi connectivity index (χ3v) is 1.78. The molecule has 0 fully saturated rings. The van der Waals surface area contributed by atoms with E-state index in [4.69, 9.17) is 0 Å². The molecule has 1 heterocycles. The van der Waals surface area contributed by atoms with Gasteiger partial charge in [-0.1, -0.05) is 0 Å². The second-order valence-electron chi connectivity index (χ2n) is 1.55. The van der Waals surface area contributed by atoms with E-state index in [0.29, 0.717) is 0 Å². The number of hydrogen-bond acceptors (Lipinski definition) is 2. The molecule has 1 radical (unpaired) electrons. The van der Waals surface area contributed by atoms with Crippen LogP contribution in [-0.4, -0.2) is 15.2 Å². The zero-order valence-corrected chi connectivity index (χ0v) is 5.82. The SMILES string of the molecule is [O-][S+](C1=NC=C[N]1)C(F)(F)F. The highest BCUT2D eigenvalue weighted by molar-refractivity contribution is 8.07. The van der Waals surface area contributed by atoms with Crippen molar-refractivity contribution in [2.75, 3.05) is 0 Å². The molecule has 61 valence electrons. The molecule has 1 aliphatic rings. The number of rotatable bonds is 0. The van der Waals surface area contributed by atoms with E-state index in [2.05, 4.69) is 10.3 Å². The van der Waals surface area contributed by atoms with Gasteiger partial charge in [-0.3, -0.25) is 0 Å². The molecule has 3 nitrogen and oxygen atoms in total. The van der Waals surface area contributed by atoms with Crippen molar-refractivity contribution in [3.63, 3.8) is 0 Å². The van der Waals surface area contributed by atoms with Crippen LogP contribution in [0.4, 0.5) is 13.2 Å². The fourth-order valence-corrected chi connectivity index (χ4v) is 0.947. The lowest BCUT2D eigenvalue weighted by molar-refractivity contribution is -0.0417. The first kappa shape index (κ1) is 8.41. The molecule has 1 rings (SSSR count). The van der Waals surface area contributed by atoms with Gasteiger partial charge in [-0.2, -0.15) is 10.3 Å². The van der Waals surface area contributed by atoms with Crippen molar-refractivity contribution in [3.05, 3.63) is 12.4 Å². The molecule has 0 aromatic heterocycles. The Morgan fingerprint density at radius 1 is 1.36 bits per heavy atom. The number of nitrogens with zero attached hydrogens (tertiary/aromatic N) is 2. The summed E-state index contributed by atoms with van der Waals surface area (Å²) in [4.78, 5) is 3.15. The van der Waals surface area contributed by atoms with E-state index in [1.807, 2.05) is 0 Å². The Kier molecular flexibility index (Phi) is 2.10. The average molecular weight is 183 g/mol. The molecule has 1 aliphatic heterocycles. The number of aliphatic imine (C=N–C) groups is 1. The highest BCUT2D eigenvalue weighted by Crippen LogP contribution is 2.25. The van der Waals surface area contributed by atoms with Crippen LogP contribution in [0, 0.1) is 0 Å². The highest BCUT2D eigenvalue weighted by Gasteiger charge is 2.49. The van der Waals surface area contributed by atoms with E-state index >= 15 is 0 Å². The molecule has 7 heteroatoms. The molecule has 0 bridgehead atoms. The molecule has 1 atom stereocenters. The van der Waals surface area contributed by atoms with Gasteiger partial charge >= 0.3 is 10.7 Å². The lowest BCUT2D eigenvalue weighted by Crippen LogP contribution is -2.33. The smallest absolute Gasteiger partial charge is 0.581 e. The summed E-state index contributed by atoms with van der Waals surface area (Å²) in [5.41, 5.74) is -4.77. The van der Waals surface area contributed by atoms with E-state index in [-0.39, 0.29) is 0 Å². The van der Waals surface area contributed by atoms with Gasteiger partial charge in [-0.15, -0.1) is 13.2 Å². The molecule has 0 aromatic carbocycles. The van der Waals surface area contributed by atoms with Gasteiger partial charge in [-0.25, -0.2) is 0 Å². The second kappa shape index (κ2) is 2.74. The molecule has 1 unspecified atom stereocenters. The standard InChI is InChI=1S/C4H2F3N2OS/c5-4(6,7)11(10)3-8-1-2-9-3/h1-2H. The molecule has 0 saturated heterocycles. The van der Waals surface area contributed by atoms with Crippen LogP contribution in [0.2, 0.25) is 0 Å². The maximum absolute atomic E-state index is 11.6. The van der Waals surface area contributed by atoms with E-state index in [1.165, 1.54) is 0 Å². The fraction of sp³-hybridized carbons (Fsp3) is 0.250. The summed E-state index contributed by atoms with van der Waals surface area (Å²) in [5.74, 6) is 0. The molecule has 0 N–H and O–H groups in total. The van der Waals surface area contributed by atoms with Crippen molar-refractivity contribution in [2.45, 2.75) is 5.51 Å². The summed E-state index contributed by atoms with van der Waals surface area (Å²) in [6.45, 7) is 0. The number of hydrogen-bond donors (Lipinski definition) is 0. The Labute approximate surface area is 63.2 Å². The lowest BCUT2D eigenvalue weighted by atomic mass is 11.0. The largest absolute Gasteiger partial charge is 0.602 e. The quantitative estimate of drug-likeness (QED) is 0.510. The maximum atomic E-state index is 11.6. The molecule has 0 spiro atoms. The van der Waals surface area contributed by atoms with Crippen LogP contribution in [0.5, 0.6) is 0 Å². The van der Waals surface area contributed by atoms with Gasteiger partial charge in [0.15, 0.2) is 0 Å². The minimum Gasteiger partial charge on any atom is -0.602 e. The van der Waals surface area contributed by atoms with Crippen LogP contribution in [0.1, 0.15) is 0 Å². The summed E-state index contributed by atoms with van der Waals surface area (Å²) in [7, 11) is 0. The van der Waals surface area contributed by atoms with E-state index in [9.17, 15) is 17.7 Å². The number of alkyl halides is 3. The van der Waals surface area contributed by atoms with Crippen LogP contribution < -0.4 is 5.32 Å². The molecule has 11 heavy (non-hydrogen) atoms. The Hall–Kier alpha value is -0.690. The summed E-state index contributed by atoms with van der Waals surface area (Å²) < 4.78 is 45.3. The first-order chi connectivity index (χ1) is 5.02. The Morgan fingerprint density at radius 2 is 2.00 bits per heavy atom. The average Bonchev–Trinajstić information content (AvgIpc) is 2.34. The van der Waals surface area contributed by atoms with Crippen LogP contribution in [0.25, 0.3) is 0 Å². The summed E-state index contributed by atoms with van der Waals surface area (Å²) >= 11 is -3.09. The first-order valence-corrected chi connectivity index (χ1v) is 3.59. The number of halogens is 3. The van der Waals surface area contributed by atoms with Gasteiger partial charge in [0.2, 0.25) is 0 Å². The van der Waals surface area contributed by atoms with Crippen LogP contribution in [0.15, 0.2) is 17.4 Å². The highest BCUT2D eigenvalue weighted by atomic mass is 32.2. The lowest BCUT2D eigenvalue weighted by Gasteiger charge is -2.09. The first-order valence-electron chi connectivity index (χ1n) is 2.44. The van der Waals surface area contributed by atoms with Crippen molar-refractivity contribution < 1.29 is 17.7 Å². The van der Waals surface area contributed by atoms with Crippen LogP contribution in [0.3, 0.4) is 0 Å². The Balaban J connectivity index is 2.62. The van der Waals surface area contributed by atoms with Crippen molar-refractivity contribution in [1.82, 2.24) is 5.32 Å². The monoisotopic (exact) mass is 183 g/mol. The minimum absolute atomic E-state index is 0.697. The molecule has 0 amide bonds. The Bertz CT molecular complexity index is 212. The third-order valence-electron chi connectivity index (χ3n) is 0.813. The van der Waals surface area contributed by atoms with E-state index in [0.717, 1.165) is 12.4 Å². The van der Waals surface area contributed by atoms with Gasteiger partial charge in [-0.05, 0) is 0 Å².